The molecule has 24 rings (SSSR count). The quantitative estimate of drug-likeness (QED) is 0.0906. The number of benzene rings is 20. The molecule has 0 aliphatic heterocycles. The lowest BCUT2D eigenvalue weighted by Crippen LogP contribution is -2.22. The first-order valence-corrected chi connectivity index (χ1v) is 50.7. The molecule has 0 aliphatic carbocycles. The zero-order valence-electron chi connectivity index (χ0n) is 79.6. The van der Waals surface area contributed by atoms with Gasteiger partial charge in [0.15, 0.2) is 0 Å². The SMILES string of the molecule is CC(C)(C)c1cc(-c2cccc3cccc(-c4ccccc4N(c4ccccc4-c4cccc5sc6ccccc6c45)c4ccccc4-c4cccc5sc6cc(CC(C)(C)c7cc(-c8cccc9cccc(-c%10ccccc%10N(c%10ccc(-c%11ccc%12oc%13ccccc%13c%12c%11)cc%10)c%10ccccc%10-c%10cccc%11sc%12ccccc%12c%10%11)c89)cc(C(C)(C)C)c7)ccc6c45)c23)cc(C(C)(C)C)c1. The molecule has 0 spiro atoms. The monoisotopic (exact) mass is 1830 g/mol. The largest absolute Gasteiger partial charge is 0.456 e. The van der Waals surface area contributed by atoms with Crippen LogP contribution in [0.2, 0.25) is 0 Å². The summed E-state index contributed by atoms with van der Waals surface area (Å²) >= 11 is 5.64. The molecule has 138 heavy (non-hydrogen) atoms. The zero-order chi connectivity index (χ0) is 93.6. The molecular weight excluding hydrogens is 1730 g/mol. The first-order chi connectivity index (χ1) is 67.1. The van der Waals surface area contributed by atoms with Crippen LogP contribution in [-0.2, 0) is 28.1 Å². The summed E-state index contributed by atoms with van der Waals surface area (Å²) in [5.74, 6) is 0. The van der Waals surface area contributed by atoms with E-state index in [4.69, 9.17) is 4.42 Å². The third-order valence-corrected chi connectivity index (χ3v) is 32.1. The summed E-state index contributed by atoms with van der Waals surface area (Å²) in [6, 6.07) is 158. The van der Waals surface area contributed by atoms with E-state index < -0.39 is 0 Å². The Morgan fingerprint density at radius 1 is 0.210 bits per heavy atom. The fourth-order valence-electron chi connectivity index (χ4n) is 21.7. The smallest absolute Gasteiger partial charge is 0.135 e. The average molecular weight is 1830 g/mol. The maximum absolute atomic E-state index is 6.34. The van der Waals surface area contributed by atoms with Crippen LogP contribution in [0.1, 0.15) is 104 Å². The number of hydrogen-bond acceptors (Lipinski definition) is 6. The summed E-state index contributed by atoms with van der Waals surface area (Å²) < 4.78 is 14.0. The van der Waals surface area contributed by atoms with E-state index in [1.807, 2.05) is 40.1 Å². The van der Waals surface area contributed by atoms with E-state index in [-0.39, 0.29) is 21.7 Å². The Balaban J connectivity index is 0.620. The van der Waals surface area contributed by atoms with Gasteiger partial charge in [0.2, 0.25) is 0 Å². The van der Waals surface area contributed by atoms with Gasteiger partial charge in [0.05, 0.1) is 28.4 Å². The molecule has 0 saturated carbocycles. The highest BCUT2D eigenvalue weighted by molar-refractivity contribution is 7.26. The van der Waals surface area contributed by atoms with Crippen LogP contribution >= 0.6 is 34.0 Å². The number of fused-ring (bicyclic) bond motifs is 14. The predicted octanol–water partition coefficient (Wildman–Crippen LogP) is 39.7. The summed E-state index contributed by atoms with van der Waals surface area (Å²) in [4.78, 5) is 5.13. The van der Waals surface area contributed by atoms with Crippen molar-refractivity contribution in [2.24, 2.45) is 0 Å². The van der Waals surface area contributed by atoms with Crippen molar-refractivity contribution in [2.45, 2.75) is 104 Å². The number of furan rings is 1. The minimum Gasteiger partial charge on any atom is -0.456 e. The molecule has 0 saturated heterocycles. The number of thiophene rings is 3. The van der Waals surface area contributed by atoms with E-state index in [0.717, 1.165) is 101 Å². The van der Waals surface area contributed by atoms with Gasteiger partial charge in [-0.25, -0.2) is 0 Å². The number of para-hydroxylation sites is 6. The van der Waals surface area contributed by atoms with Crippen LogP contribution in [0.25, 0.3) is 193 Å². The van der Waals surface area contributed by atoms with Crippen molar-refractivity contribution >= 4 is 172 Å². The lowest BCUT2D eigenvalue weighted by atomic mass is 9.75. The van der Waals surface area contributed by atoms with Crippen LogP contribution in [0.4, 0.5) is 34.1 Å². The summed E-state index contributed by atoms with van der Waals surface area (Å²) in [6.45, 7) is 26.1. The third kappa shape index (κ3) is 15.1. The van der Waals surface area contributed by atoms with Crippen molar-refractivity contribution in [3.8, 4) is 89.0 Å². The van der Waals surface area contributed by atoms with E-state index in [1.165, 1.54) is 160 Å². The number of nitrogens with zero attached hydrogens (tertiary/aromatic N) is 2. The average Bonchev–Trinajstić information content (AvgIpc) is 1.49. The Morgan fingerprint density at radius 2 is 0.536 bits per heavy atom. The van der Waals surface area contributed by atoms with Crippen molar-refractivity contribution < 1.29 is 4.42 Å². The molecular formula is C132H104N2OS3. The first-order valence-electron chi connectivity index (χ1n) is 48.3. The van der Waals surface area contributed by atoms with E-state index in [1.54, 1.807) is 0 Å². The van der Waals surface area contributed by atoms with Crippen molar-refractivity contribution in [2.75, 3.05) is 9.80 Å². The molecule has 6 heteroatoms. The van der Waals surface area contributed by atoms with Gasteiger partial charge < -0.3 is 14.2 Å². The van der Waals surface area contributed by atoms with Gasteiger partial charge in [0, 0.05) is 105 Å². The van der Waals surface area contributed by atoms with Crippen LogP contribution in [0, 0.1) is 0 Å². The molecule has 4 aromatic heterocycles. The van der Waals surface area contributed by atoms with E-state index in [9.17, 15) is 0 Å². The maximum Gasteiger partial charge on any atom is 0.135 e. The second-order valence-electron chi connectivity index (χ2n) is 41.1. The topological polar surface area (TPSA) is 19.6 Å². The first kappa shape index (κ1) is 85.9. The molecule has 0 atom stereocenters. The summed E-state index contributed by atoms with van der Waals surface area (Å²) in [6.07, 6.45) is 0.822. The number of anilines is 6. The van der Waals surface area contributed by atoms with Gasteiger partial charge in [-0.2, -0.15) is 0 Å². The van der Waals surface area contributed by atoms with E-state index >= 15 is 0 Å². The minimum absolute atomic E-state index is 0.0666. The van der Waals surface area contributed by atoms with E-state index in [0.29, 0.717) is 0 Å². The van der Waals surface area contributed by atoms with Gasteiger partial charge in [-0.3, -0.25) is 0 Å². The molecule has 0 radical (unpaired) electrons. The highest BCUT2D eigenvalue weighted by Crippen LogP contribution is 2.56. The van der Waals surface area contributed by atoms with Crippen LogP contribution in [0.15, 0.2) is 423 Å². The molecule has 0 fully saturated rings. The molecule has 20 aromatic carbocycles. The standard InChI is InChI=1S/C132H104N2OS3/c1-129(2,3)89-74-87(75-90(79-89)130(4,5)6)94-47-28-35-84-38-31-50-103(124(84)94)97-40-14-22-56-113(97)134(114-57-23-15-42-99(114)105-52-33-63-121-127(105)108-46-19-27-61-119(108)137-121)115-58-24-16-43-100(115)106-53-34-64-122-128(106)109-71-65-82(73-123(109)138-122)81-132(10,11)92-77-88(76-91(80-92)131(7,8)9)95-48-29-36-85-37-30-49-102(125(85)95)96-39-12-20-54-111(96)133(93-69-66-83(67-70-93)86-68-72-117-110(78-86)101-44-17-25-59-116(101)135-117)112-55-21-13-41-98(112)104-51-32-62-120-126(104)107-45-18-26-60-118(107)136-120/h12-80H,81H2,1-11H3. The normalized spacial score (nSPS) is 12.3. The van der Waals surface area contributed by atoms with Crippen molar-refractivity contribution in [1.82, 2.24) is 0 Å². The Labute approximate surface area is 819 Å². The maximum atomic E-state index is 6.34. The minimum atomic E-state index is -0.313. The zero-order valence-corrected chi connectivity index (χ0v) is 82.0. The highest BCUT2D eigenvalue weighted by Gasteiger charge is 2.33. The van der Waals surface area contributed by atoms with Gasteiger partial charge in [0.25, 0.3) is 0 Å². The van der Waals surface area contributed by atoms with Crippen LogP contribution in [-0.4, -0.2) is 0 Å². The van der Waals surface area contributed by atoms with Crippen molar-refractivity contribution in [1.29, 1.82) is 0 Å². The molecule has 0 unspecified atom stereocenters. The predicted molar refractivity (Wildman–Crippen MR) is 600 cm³/mol. The third-order valence-electron chi connectivity index (χ3n) is 28.7. The fraction of sp³-hybridized carbons (Fsp3) is 0.121. The van der Waals surface area contributed by atoms with Crippen molar-refractivity contribution in [3.63, 3.8) is 0 Å². The Kier molecular flexibility index (Phi) is 21.0. The second kappa shape index (κ2) is 33.8. The Hall–Kier alpha value is -15.0. The molecule has 0 amide bonds. The van der Waals surface area contributed by atoms with Crippen LogP contribution in [0.5, 0.6) is 0 Å². The Morgan fingerprint density at radius 3 is 0.978 bits per heavy atom. The van der Waals surface area contributed by atoms with Gasteiger partial charge in [-0.05, 0) is 236 Å². The molecule has 24 aromatic rings. The van der Waals surface area contributed by atoms with E-state index in [2.05, 4.69) is 498 Å². The molecule has 3 nitrogen and oxygen atoms in total. The summed E-state index contributed by atoms with van der Waals surface area (Å²) in [5.41, 5.74) is 33.1. The highest BCUT2D eigenvalue weighted by atomic mass is 32.1. The molecule has 0 N–H and O–H groups in total. The van der Waals surface area contributed by atoms with Gasteiger partial charge in [-0.15, -0.1) is 34.0 Å². The fourth-order valence-corrected chi connectivity index (χ4v) is 25.1. The molecule has 0 aliphatic rings. The Bertz CT molecular complexity index is 8950. The summed E-state index contributed by atoms with van der Waals surface area (Å²) in [5, 5.41) is 14.7. The van der Waals surface area contributed by atoms with Crippen LogP contribution in [0.3, 0.4) is 0 Å². The molecule has 4 heterocycles. The summed E-state index contributed by atoms with van der Waals surface area (Å²) in [7, 11) is 0. The van der Waals surface area contributed by atoms with Crippen LogP contribution < -0.4 is 9.80 Å². The number of rotatable bonds is 17. The van der Waals surface area contributed by atoms with Crippen molar-refractivity contribution in [3.05, 3.63) is 446 Å². The second-order valence-corrected chi connectivity index (χ2v) is 44.4. The lowest BCUT2D eigenvalue weighted by molar-refractivity contribution is 0.518. The van der Waals surface area contributed by atoms with Gasteiger partial charge in [-0.1, -0.05) is 398 Å². The lowest BCUT2D eigenvalue weighted by Gasteiger charge is -2.32. The number of hydrogen-bond donors (Lipinski definition) is 0. The molecule has 0 bridgehead atoms. The van der Waals surface area contributed by atoms with Gasteiger partial charge >= 0.3 is 0 Å². The van der Waals surface area contributed by atoms with Gasteiger partial charge in [0.1, 0.15) is 11.2 Å². The molecule has 666 valence electrons.